The lowest BCUT2D eigenvalue weighted by Gasteiger charge is -2.34. The lowest BCUT2D eigenvalue weighted by atomic mass is 10.1. The van der Waals surface area contributed by atoms with Crippen molar-refractivity contribution >= 4 is 27.5 Å². The summed E-state index contributed by atoms with van der Waals surface area (Å²) in [6.45, 7) is 2.94. The number of halogens is 1. The van der Waals surface area contributed by atoms with Crippen molar-refractivity contribution in [1.82, 2.24) is 10.2 Å². The summed E-state index contributed by atoms with van der Waals surface area (Å²) in [6.07, 6.45) is 0. The molecule has 2 rings (SSSR count). The van der Waals surface area contributed by atoms with Gasteiger partial charge in [-0.1, -0.05) is 15.9 Å². The lowest BCUT2D eigenvalue weighted by molar-refractivity contribution is -0.129. The Hall–Kier alpha value is -1.07. The normalized spacial score (nSPS) is 16.3. The molecule has 1 N–H and O–H groups in total. The van der Waals surface area contributed by atoms with E-state index in [0.29, 0.717) is 6.54 Å². The van der Waals surface area contributed by atoms with Gasteiger partial charge in [0.25, 0.3) is 0 Å². The van der Waals surface area contributed by atoms with Crippen LogP contribution < -0.4 is 10.2 Å². The van der Waals surface area contributed by atoms with Crippen molar-refractivity contribution in [3.63, 3.8) is 0 Å². The fourth-order valence-corrected chi connectivity index (χ4v) is 2.57. The second-order valence-electron chi connectivity index (χ2n) is 4.54. The Kier molecular flexibility index (Phi) is 4.24. The maximum atomic E-state index is 11.8. The molecule has 18 heavy (non-hydrogen) atoms. The maximum Gasteiger partial charge on any atom is 0.241 e. The first-order valence-electron chi connectivity index (χ1n) is 6.03. The van der Waals surface area contributed by atoms with Crippen LogP contribution in [0.15, 0.2) is 22.7 Å². The molecule has 1 aromatic carbocycles. The number of amides is 1. The molecule has 1 saturated heterocycles. The highest BCUT2D eigenvalue weighted by Crippen LogP contribution is 2.25. The summed E-state index contributed by atoms with van der Waals surface area (Å²) >= 11 is 3.49. The van der Waals surface area contributed by atoms with E-state index in [9.17, 15) is 4.79 Å². The first kappa shape index (κ1) is 13.4. The fourth-order valence-electron chi connectivity index (χ4n) is 2.16. The summed E-state index contributed by atoms with van der Waals surface area (Å²) < 4.78 is 1.07. The Morgan fingerprint density at radius 2 is 2.17 bits per heavy atom. The minimum Gasteiger partial charge on any atom is -0.360 e. The number of rotatable bonds is 3. The average Bonchev–Trinajstić information content (AvgIpc) is 2.34. The number of hydrogen-bond acceptors (Lipinski definition) is 3. The molecule has 1 heterocycles. The third-order valence-electron chi connectivity index (χ3n) is 3.21. The average molecular weight is 312 g/mol. The van der Waals surface area contributed by atoms with Crippen LogP contribution in [-0.2, 0) is 11.3 Å². The van der Waals surface area contributed by atoms with Gasteiger partial charge in [-0.15, -0.1) is 0 Å². The van der Waals surface area contributed by atoms with Gasteiger partial charge in [0.15, 0.2) is 0 Å². The molecule has 5 heteroatoms. The standard InChI is InChI=1S/C13H18BrN3O/c1-15-8-10-7-11(14)3-4-12(10)17-6-5-16(2)13(18)9-17/h3-4,7,15H,5-6,8-9H2,1-2H3. The highest BCUT2D eigenvalue weighted by Gasteiger charge is 2.22. The van der Waals surface area contributed by atoms with E-state index in [2.05, 4.69) is 38.3 Å². The van der Waals surface area contributed by atoms with Gasteiger partial charge >= 0.3 is 0 Å². The first-order chi connectivity index (χ1) is 8.61. The van der Waals surface area contributed by atoms with E-state index in [1.807, 2.05) is 20.2 Å². The SMILES string of the molecule is CNCc1cc(Br)ccc1N1CCN(C)C(=O)C1. The summed E-state index contributed by atoms with van der Waals surface area (Å²) in [5.41, 5.74) is 2.36. The number of carbonyl (C=O) groups is 1. The maximum absolute atomic E-state index is 11.8. The van der Waals surface area contributed by atoms with Crippen molar-refractivity contribution in [3.05, 3.63) is 28.2 Å². The number of nitrogens with zero attached hydrogens (tertiary/aromatic N) is 2. The van der Waals surface area contributed by atoms with Crippen molar-refractivity contribution in [2.24, 2.45) is 0 Å². The largest absolute Gasteiger partial charge is 0.360 e. The van der Waals surface area contributed by atoms with Gasteiger partial charge in [-0.3, -0.25) is 4.79 Å². The van der Waals surface area contributed by atoms with Crippen molar-refractivity contribution in [3.8, 4) is 0 Å². The molecule has 1 aliphatic heterocycles. The van der Waals surface area contributed by atoms with Crippen LogP contribution in [0.25, 0.3) is 0 Å². The molecule has 0 unspecified atom stereocenters. The summed E-state index contributed by atoms with van der Waals surface area (Å²) in [4.78, 5) is 15.7. The smallest absolute Gasteiger partial charge is 0.241 e. The topological polar surface area (TPSA) is 35.6 Å². The van der Waals surface area contributed by atoms with Gasteiger partial charge in [0.05, 0.1) is 6.54 Å². The Labute approximate surface area is 116 Å². The highest BCUT2D eigenvalue weighted by molar-refractivity contribution is 9.10. The van der Waals surface area contributed by atoms with E-state index in [0.717, 1.165) is 29.8 Å². The molecule has 1 aromatic rings. The molecule has 98 valence electrons. The van der Waals surface area contributed by atoms with Crippen LogP contribution in [0.1, 0.15) is 5.56 Å². The molecule has 0 saturated carbocycles. The highest BCUT2D eigenvalue weighted by atomic mass is 79.9. The molecule has 0 bridgehead atoms. The second-order valence-corrected chi connectivity index (χ2v) is 5.46. The van der Waals surface area contributed by atoms with Crippen LogP contribution in [-0.4, -0.2) is 44.5 Å². The number of hydrogen-bond donors (Lipinski definition) is 1. The zero-order valence-electron chi connectivity index (χ0n) is 10.7. The minimum absolute atomic E-state index is 0.180. The molecule has 1 amide bonds. The summed E-state index contributed by atoms with van der Waals surface area (Å²) in [6, 6.07) is 6.21. The molecular formula is C13H18BrN3O. The number of nitrogens with one attached hydrogen (secondary N) is 1. The predicted molar refractivity (Wildman–Crippen MR) is 76.8 cm³/mol. The van der Waals surface area contributed by atoms with Crippen molar-refractivity contribution in [2.75, 3.05) is 38.6 Å². The van der Waals surface area contributed by atoms with Gasteiger partial charge in [0.1, 0.15) is 0 Å². The van der Waals surface area contributed by atoms with Gasteiger partial charge in [0, 0.05) is 36.8 Å². The Morgan fingerprint density at radius 1 is 1.39 bits per heavy atom. The lowest BCUT2D eigenvalue weighted by Crippen LogP contribution is -2.48. The first-order valence-corrected chi connectivity index (χ1v) is 6.83. The number of benzene rings is 1. The zero-order valence-corrected chi connectivity index (χ0v) is 12.3. The Morgan fingerprint density at radius 3 is 2.83 bits per heavy atom. The van der Waals surface area contributed by atoms with Crippen molar-refractivity contribution in [1.29, 1.82) is 0 Å². The number of piperazine rings is 1. The van der Waals surface area contributed by atoms with Crippen LogP contribution >= 0.6 is 15.9 Å². The quantitative estimate of drug-likeness (QED) is 0.917. The van der Waals surface area contributed by atoms with Crippen molar-refractivity contribution < 1.29 is 4.79 Å². The summed E-state index contributed by atoms with van der Waals surface area (Å²) in [5, 5.41) is 3.17. The van der Waals surface area contributed by atoms with Crippen LogP contribution in [0.2, 0.25) is 0 Å². The van der Waals surface area contributed by atoms with Gasteiger partial charge in [-0.25, -0.2) is 0 Å². The molecule has 0 aliphatic carbocycles. The van der Waals surface area contributed by atoms with Crippen molar-refractivity contribution in [2.45, 2.75) is 6.54 Å². The molecule has 0 radical (unpaired) electrons. The molecule has 1 fully saturated rings. The third-order valence-corrected chi connectivity index (χ3v) is 3.70. The summed E-state index contributed by atoms with van der Waals surface area (Å²) in [5.74, 6) is 0.180. The van der Waals surface area contributed by atoms with E-state index >= 15 is 0 Å². The molecule has 0 atom stereocenters. The molecule has 0 aromatic heterocycles. The molecule has 4 nitrogen and oxygen atoms in total. The number of likely N-dealkylation sites (N-methyl/N-ethyl adjacent to an activating group) is 1. The van der Waals surface area contributed by atoms with Crippen LogP contribution in [0.5, 0.6) is 0 Å². The predicted octanol–water partition coefficient (Wildman–Crippen LogP) is 1.45. The monoisotopic (exact) mass is 311 g/mol. The van der Waals surface area contributed by atoms with Gasteiger partial charge in [-0.05, 0) is 30.8 Å². The Balaban J connectivity index is 2.24. The van der Waals surface area contributed by atoms with Crippen LogP contribution in [0.3, 0.4) is 0 Å². The third kappa shape index (κ3) is 2.84. The number of carbonyl (C=O) groups excluding carboxylic acids is 1. The fraction of sp³-hybridized carbons (Fsp3) is 0.462. The molecular weight excluding hydrogens is 294 g/mol. The van der Waals surface area contributed by atoms with Crippen LogP contribution in [0, 0.1) is 0 Å². The van der Waals surface area contributed by atoms with E-state index < -0.39 is 0 Å². The number of anilines is 1. The Bertz CT molecular complexity index is 450. The molecule has 1 aliphatic rings. The summed E-state index contributed by atoms with van der Waals surface area (Å²) in [7, 11) is 3.79. The minimum atomic E-state index is 0.180. The van der Waals surface area contributed by atoms with Gasteiger partial charge in [0.2, 0.25) is 5.91 Å². The molecule has 0 spiro atoms. The zero-order chi connectivity index (χ0) is 13.1. The van der Waals surface area contributed by atoms with E-state index in [-0.39, 0.29) is 5.91 Å². The van der Waals surface area contributed by atoms with Gasteiger partial charge in [-0.2, -0.15) is 0 Å². The second kappa shape index (κ2) is 5.71. The van der Waals surface area contributed by atoms with Crippen LogP contribution in [0.4, 0.5) is 5.69 Å². The van der Waals surface area contributed by atoms with E-state index in [1.54, 1.807) is 4.90 Å². The van der Waals surface area contributed by atoms with Gasteiger partial charge < -0.3 is 15.1 Å². The van der Waals surface area contributed by atoms with E-state index in [1.165, 1.54) is 5.56 Å². The van der Waals surface area contributed by atoms with E-state index in [4.69, 9.17) is 0 Å².